The number of hydrogen-bond donors (Lipinski definition) is 0. The SMILES string of the molecule is CSc1cc(C)c(N=C=O)c(SC)c1N=C=O. The molecule has 88 valence electrons. The lowest BCUT2D eigenvalue weighted by Gasteiger charge is -2.11. The van der Waals surface area contributed by atoms with Gasteiger partial charge in [-0.1, -0.05) is 0 Å². The van der Waals surface area contributed by atoms with Crippen molar-refractivity contribution in [3.8, 4) is 0 Å². The van der Waals surface area contributed by atoms with Crippen LogP contribution < -0.4 is 0 Å². The van der Waals surface area contributed by atoms with Crippen molar-refractivity contribution in [2.24, 2.45) is 9.98 Å². The second-order valence-electron chi connectivity index (χ2n) is 3.03. The van der Waals surface area contributed by atoms with Crippen molar-refractivity contribution < 1.29 is 9.59 Å². The molecule has 0 radical (unpaired) electrons. The minimum absolute atomic E-state index is 0.513. The highest BCUT2D eigenvalue weighted by Gasteiger charge is 2.15. The second kappa shape index (κ2) is 6.42. The Balaban J connectivity index is 3.70. The van der Waals surface area contributed by atoms with Crippen LogP contribution in [0.25, 0.3) is 0 Å². The lowest BCUT2D eigenvalue weighted by Crippen LogP contribution is -1.85. The third-order valence-corrected chi connectivity index (χ3v) is 3.67. The lowest BCUT2D eigenvalue weighted by molar-refractivity contribution is 0.564. The van der Waals surface area contributed by atoms with Gasteiger partial charge in [-0.05, 0) is 31.1 Å². The Morgan fingerprint density at radius 1 is 1.06 bits per heavy atom. The van der Waals surface area contributed by atoms with E-state index in [2.05, 4.69) is 9.98 Å². The summed E-state index contributed by atoms with van der Waals surface area (Å²) in [6.07, 6.45) is 6.79. The van der Waals surface area contributed by atoms with Gasteiger partial charge < -0.3 is 0 Å². The molecule has 0 aromatic heterocycles. The van der Waals surface area contributed by atoms with Crippen LogP contribution in [-0.4, -0.2) is 24.7 Å². The molecule has 0 N–H and O–H groups in total. The molecule has 17 heavy (non-hydrogen) atoms. The van der Waals surface area contributed by atoms with E-state index >= 15 is 0 Å². The van der Waals surface area contributed by atoms with E-state index in [4.69, 9.17) is 0 Å². The summed E-state index contributed by atoms with van der Waals surface area (Å²) in [5, 5.41) is 0. The van der Waals surface area contributed by atoms with Crippen LogP contribution in [0.1, 0.15) is 5.56 Å². The maximum Gasteiger partial charge on any atom is 0.240 e. The molecular formula is C11H10N2O2S2. The smallest absolute Gasteiger partial charge is 0.211 e. The van der Waals surface area contributed by atoms with Gasteiger partial charge in [0.25, 0.3) is 0 Å². The van der Waals surface area contributed by atoms with Gasteiger partial charge >= 0.3 is 0 Å². The molecule has 0 bridgehead atoms. The lowest BCUT2D eigenvalue weighted by atomic mass is 10.2. The first-order valence-corrected chi connectivity index (χ1v) is 7.05. The zero-order valence-corrected chi connectivity index (χ0v) is 11.2. The molecule has 0 aliphatic heterocycles. The van der Waals surface area contributed by atoms with Crippen LogP contribution in [0.5, 0.6) is 0 Å². The molecule has 4 nitrogen and oxygen atoms in total. The molecule has 0 aliphatic carbocycles. The fourth-order valence-corrected chi connectivity index (χ4v) is 2.87. The zero-order valence-electron chi connectivity index (χ0n) is 9.60. The van der Waals surface area contributed by atoms with E-state index in [1.165, 1.54) is 35.7 Å². The minimum Gasteiger partial charge on any atom is -0.211 e. The Morgan fingerprint density at radius 2 is 1.65 bits per heavy atom. The Labute approximate surface area is 108 Å². The molecule has 0 amide bonds. The van der Waals surface area contributed by atoms with Gasteiger partial charge in [-0.25, -0.2) is 9.59 Å². The molecule has 0 spiro atoms. The first kappa shape index (κ1) is 13.7. The van der Waals surface area contributed by atoms with Crippen LogP contribution in [0.3, 0.4) is 0 Å². The van der Waals surface area contributed by atoms with Gasteiger partial charge in [0.2, 0.25) is 12.2 Å². The summed E-state index contributed by atoms with van der Waals surface area (Å²) in [7, 11) is 0. The third kappa shape index (κ3) is 2.87. The number of rotatable bonds is 4. The van der Waals surface area contributed by atoms with Crippen LogP contribution in [0.4, 0.5) is 11.4 Å². The van der Waals surface area contributed by atoms with Crippen molar-refractivity contribution in [3.63, 3.8) is 0 Å². The molecule has 0 saturated heterocycles. The van der Waals surface area contributed by atoms with E-state index in [-0.39, 0.29) is 0 Å². The normalized spacial score (nSPS) is 9.35. The number of isocyanates is 2. The Bertz CT molecular complexity index is 531. The molecular weight excluding hydrogens is 256 g/mol. The number of hydrogen-bond acceptors (Lipinski definition) is 6. The fraction of sp³-hybridized carbons (Fsp3) is 0.273. The van der Waals surface area contributed by atoms with Gasteiger partial charge in [0.1, 0.15) is 5.69 Å². The third-order valence-electron chi connectivity index (χ3n) is 2.12. The molecule has 0 aliphatic rings. The number of benzene rings is 1. The number of nitrogens with zero attached hydrogens (tertiary/aromatic N) is 2. The molecule has 1 aromatic rings. The van der Waals surface area contributed by atoms with Gasteiger partial charge in [-0.2, -0.15) is 9.98 Å². The summed E-state index contributed by atoms with van der Waals surface area (Å²) in [4.78, 5) is 29.8. The summed E-state index contributed by atoms with van der Waals surface area (Å²) in [5.74, 6) is 0. The van der Waals surface area contributed by atoms with Gasteiger partial charge in [0, 0.05) is 4.90 Å². The standard InChI is InChI=1S/C11H10N2O2S2/c1-7-4-8(16-2)10(13-6-15)11(17-3)9(7)12-5-14/h4H,1-3H3. The highest BCUT2D eigenvalue weighted by Crippen LogP contribution is 2.44. The van der Waals surface area contributed by atoms with Crippen molar-refractivity contribution in [2.45, 2.75) is 16.7 Å². The summed E-state index contributed by atoms with van der Waals surface area (Å²) in [6, 6.07) is 1.84. The Morgan fingerprint density at radius 3 is 2.12 bits per heavy atom. The van der Waals surface area contributed by atoms with Crippen molar-refractivity contribution in [1.82, 2.24) is 0 Å². The van der Waals surface area contributed by atoms with Crippen LogP contribution in [0.15, 0.2) is 25.8 Å². The Kier molecular flexibility index (Phi) is 5.19. The minimum atomic E-state index is 0.513. The van der Waals surface area contributed by atoms with Crippen molar-refractivity contribution in [2.75, 3.05) is 12.5 Å². The average molecular weight is 266 g/mol. The van der Waals surface area contributed by atoms with Crippen molar-refractivity contribution >= 4 is 47.1 Å². The highest BCUT2D eigenvalue weighted by atomic mass is 32.2. The molecule has 0 unspecified atom stereocenters. The zero-order chi connectivity index (χ0) is 12.8. The molecule has 6 heteroatoms. The summed E-state index contributed by atoms with van der Waals surface area (Å²) in [6.45, 7) is 1.85. The van der Waals surface area contributed by atoms with Crippen LogP contribution in [0, 0.1) is 6.92 Å². The van der Waals surface area contributed by atoms with Crippen molar-refractivity contribution in [1.29, 1.82) is 0 Å². The summed E-state index contributed by atoms with van der Waals surface area (Å²) in [5.41, 5.74) is 1.88. The number of aryl methyl sites for hydroxylation is 1. The molecule has 0 atom stereocenters. The predicted molar refractivity (Wildman–Crippen MR) is 70.3 cm³/mol. The van der Waals surface area contributed by atoms with Crippen LogP contribution >= 0.6 is 23.5 Å². The number of thioether (sulfide) groups is 2. The molecule has 1 aromatic carbocycles. The predicted octanol–water partition coefficient (Wildman–Crippen LogP) is 3.37. The maximum atomic E-state index is 10.4. The molecule has 0 fully saturated rings. The molecule has 1 rings (SSSR count). The van der Waals surface area contributed by atoms with E-state index in [1.54, 1.807) is 0 Å². The quantitative estimate of drug-likeness (QED) is 0.476. The van der Waals surface area contributed by atoms with Gasteiger partial charge in [0.05, 0.1) is 10.6 Å². The fourth-order valence-electron chi connectivity index (χ4n) is 1.42. The van der Waals surface area contributed by atoms with Crippen molar-refractivity contribution in [3.05, 3.63) is 11.6 Å². The first-order chi connectivity index (χ1) is 8.19. The van der Waals surface area contributed by atoms with E-state index in [0.717, 1.165) is 10.5 Å². The second-order valence-corrected chi connectivity index (χ2v) is 4.70. The van der Waals surface area contributed by atoms with Gasteiger partial charge in [-0.3, -0.25) is 0 Å². The number of carbonyl (C=O) groups excluding carboxylic acids is 2. The largest absolute Gasteiger partial charge is 0.240 e. The first-order valence-electron chi connectivity index (χ1n) is 4.60. The van der Waals surface area contributed by atoms with E-state index in [1.807, 2.05) is 25.5 Å². The highest BCUT2D eigenvalue weighted by molar-refractivity contribution is 7.99. The van der Waals surface area contributed by atoms with Crippen LogP contribution in [0.2, 0.25) is 0 Å². The Hall–Kier alpha value is -1.32. The van der Waals surface area contributed by atoms with E-state index in [0.29, 0.717) is 16.3 Å². The maximum absolute atomic E-state index is 10.4. The number of aliphatic imine (C=N–C) groups is 2. The summed E-state index contributed by atoms with van der Waals surface area (Å²) < 4.78 is 0. The molecule has 0 saturated carbocycles. The van der Waals surface area contributed by atoms with Crippen LogP contribution in [-0.2, 0) is 9.59 Å². The topological polar surface area (TPSA) is 58.9 Å². The van der Waals surface area contributed by atoms with Gasteiger partial charge in [-0.15, -0.1) is 23.5 Å². The monoisotopic (exact) mass is 266 g/mol. The molecule has 0 heterocycles. The van der Waals surface area contributed by atoms with E-state index in [9.17, 15) is 9.59 Å². The van der Waals surface area contributed by atoms with Gasteiger partial charge in [0.15, 0.2) is 0 Å². The average Bonchev–Trinajstić information content (AvgIpc) is 2.33. The van der Waals surface area contributed by atoms with E-state index < -0.39 is 0 Å². The summed E-state index contributed by atoms with van der Waals surface area (Å²) >= 11 is 2.87.